The highest BCUT2D eigenvalue weighted by atomic mass is 32.1. The van der Waals surface area contributed by atoms with E-state index in [1.807, 2.05) is 18.2 Å². The Morgan fingerprint density at radius 2 is 1.90 bits per heavy atom. The van der Waals surface area contributed by atoms with Crippen molar-refractivity contribution in [2.24, 2.45) is 0 Å². The maximum absolute atomic E-state index is 12.6. The monoisotopic (exact) mass is 410 g/mol. The van der Waals surface area contributed by atoms with Crippen LogP contribution in [0.3, 0.4) is 0 Å². The normalized spacial score (nSPS) is 17.3. The Morgan fingerprint density at radius 3 is 2.66 bits per heavy atom. The Balaban J connectivity index is 1.34. The number of phenolic OH excluding ortho intramolecular Hbond substituents is 1. The highest BCUT2D eigenvalue weighted by Crippen LogP contribution is 2.37. The van der Waals surface area contributed by atoms with Gasteiger partial charge in [0.2, 0.25) is 5.91 Å². The van der Waals surface area contributed by atoms with Crippen molar-refractivity contribution >= 4 is 27.9 Å². The number of nitrogens with one attached hydrogen (secondary N) is 1. The lowest BCUT2D eigenvalue weighted by Crippen LogP contribution is -2.48. The van der Waals surface area contributed by atoms with E-state index in [0.717, 1.165) is 68.1 Å². The van der Waals surface area contributed by atoms with Crippen LogP contribution in [-0.4, -0.2) is 48.6 Å². The van der Waals surface area contributed by atoms with Gasteiger partial charge in [-0.15, -0.1) is 11.3 Å². The molecule has 7 heteroatoms. The fraction of sp³-hybridized carbons (Fsp3) is 0.455. The van der Waals surface area contributed by atoms with Gasteiger partial charge < -0.3 is 15.3 Å². The number of para-hydroxylation sites is 2. The van der Waals surface area contributed by atoms with Crippen molar-refractivity contribution in [2.75, 3.05) is 42.9 Å². The summed E-state index contributed by atoms with van der Waals surface area (Å²) in [6.07, 6.45) is 5.44. The van der Waals surface area contributed by atoms with Crippen molar-refractivity contribution in [3.05, 3.63) is 40.3 Å². The molecule has 1 amide bonds. The number of benzene rings is 1. The van der Waals surface area contributed by atoms with Gasteiger partial charge in [0.15, 0.2) is 0 Å². The predicted octanol–water partition coefficient (Wildman–Crippen LogP) is 3.35. The van der Waals surface area contributed by atoms with Crippen LogP contribution < -0.4 is 10.2 Å². The molecule has 2 aliphatic rings. The lowest BCUT2D eigenvalue weighted by atomic mass is 10.1. The summed E-state index contributed by atoms with van der Waals surface area (Å²) in [4.78, 5) is 18.2. The number of nitriles is 1. The highest BCUT2D eigenvalue weighted by Gasteiger charge is 2.23. The third kappa shape index (κ3) is 4.39. The van der Waals surface area contributed by atoms with Crippen LogP contribution in [0.4, 0.5) is 10.7 Å². The molecule has 2 aromatic rings. The SMILES string of the molecule is N#Cc1c(NC(=O)CN2CCN(c3ccccc3O)CC2)sc2c1CCCCC2. The number of rotatable bonds is 4. The van der Waals surface area contributed by atoms with Crippen molar-refractivity contribution < 1.29 is 9.90 Å². The second-order valence-electron chi connectivity index (χ2n) is 7.68. The first-order valence-electron chi connectivity index (χ1n) is 10.3. The molecular formula is C22H26N4O2S. The van der Waals surface area contributed by atoms with Crippen LogP contribution in [0.1, 0.15) is 35.3 Å². The number of fused-ring (bicyclic) bond motifs is 1. The number of amides is 1. The fourth-order valence-corrected chi connectivity index (χ4v) is 5.45. The summed E-state index contributed by atoms with van der Waals surface area (Å²) in [6.45, 7) is 3.37. The van der Waals surface area contributed by atoms with Crippen molar-refractivity contribution in [3.63, 3.8) is 0 Å². The highest BCUT2D eigenvalue weighted by molar-refractivity contribution is 7.16. The van der Waals surface area contributed by atoms with Crippen LogP contribution in [0.15, 0.2) is 24.3 Å². The second-order valence-corrected chi connectivity index (χ2v) is 8.79. The van der Waals surface area contributed by atoms with E-state index in [1.54, 1.807) is 17.4 Å². The first-order chi connectivity index (χ1) is 14.2. The van der Waals surface area contributed by atoms with Crippen LogP contribution >= 0.6 is 11.3 Å². The molecule has 1 aliphatic heterocycles. The molecule has 0 radical (unpaired) electrons. The zero-order chi connectivity index (χ0) is 20.2. The van der Waals surface area contributed by atoms with E-state index in [9.17, 15) is 15.2 Å². The van der Waals surface area contributed by atoms with Gasteiger partial charge in [-0.25, -0.2) is 0 Å². The number of aromatic hydroxyl groups is 1. The molecule has 4 rings (SSSR count). The summed E-state index contributed by atoms with van der Waals surface area (Å²) >= 11 is 1.58. The van der Waals surface area contributed by atoms with Crippen LogP contribution in [0.2, 0.25) is 0 Å². The molecule has 2 heterocycles. The van der Waals surface area contributed by atoms with Crippen molar-refractivity contribution in [2.45, 2.75) is 32.1 Å². The summed E-state index contributed by atoms with van der Waals surface area (Å²) in [5, 5.41) is 23.4. The number of hydrogen-bond donors (Lipinski definition) is 2. The molecule has 1 saturated heterocycles. The molecule has 0 spiro atoms. The number of thiophene rings is 1. The number of carbonyl (C=O) groups is 1. The predicted molar refractivity (Wildman–Crippen MR) is 116 cm³/mol. The third-order valence-corrected chi connectivity index (χ3v) is 6.96. The van der Waals surface area contributed by atoms with Crippen LogP contribution in [0.25, 0.3) is 0 Å². The molecule has 0 saturated carbocycles. The number of carbonyl (C=O) groups excluding carboxylic acids is 1. The zero-order valence-electron chi connectivity index (χ0n) is 16.5. The Hall–Kier alpha value is -2.56. The van der Waals surface area contributed by atoms with Gasteiger partial charge in [0.1, 0.15) is 16.8 Å². The molecule has 1 aromatic heterocycles. The van der Waals surface area contributed by atoms with Crippen LogP contribution in [0, 0.1) is 11.3 Å². The van der Waals surface area contributed by atoms with Gasteiger partial charge in [0.25, 0.3) is 0 Å². The number of anilines is 2. The lowest BCUT2D eigenvalue weighted by Gasteiger charge is -2.35. The Labute approximate surface area is 175 Å². The molecular weight excluding hydrogens is 384 g/mol. The van der Waals surface area contributed by atoms with Crippen molar-refractivity contribution in [3.8, 4) is 11.8 Å². The van der Waals surface area contributed by atoms with Gasteiger partial charge in [-0.2, -0.15) is 5.26 Å². The summed E-state index contributed by atoms with van der Waals surface area (Å²) in [5.74, 6) is 0.231. The molecule has 0 atom stereocenters. The smallest absolute Gasteiger partial charge is 0.239 e. The lowest BCUT2D eigenvalue weighted by molar-refractivity contribution is -0.117. The minimum atomic E-state index is -0.0612. The molecule has 0 unspecified atom stereocenters. The second kappa shape index (κ2) is 8.85. The average Bonchev–Trinajstić information content (AvgIpc) is 2.88. The first-order valence-corrected chi connectivity index (χ1v) is 11.1. The largest absolute Gasteiger partial charge is 0.506 e. The molecule has 2 N–H and O–H groups in total. The van der Waals surface area contributed by atoms with Crippen molar-refractivity contribution in [1.82, 2.24) is 4.90 Å². The Kier molecular flexibility index (Phi) is 6.02. The van der Waals surface area contributed by atoms with E-state index in [0.29, 0.717) is 17.9 Å². The summed E-state index contributed by atoms with van der Waals surface area (Å²) in [7, 11) is 0. The summed E-state index contributed by atoms with van der Waals surface area (Å²) in [6, 6.07) is 9.68. The summed E-state index contributed by atoms with van der Waals surface area (Å²) < 4.78 is 0. The third-order valence-electron chi connectivity index (χ3n) is 5.75. The first kappa shape index (κ1) is 19.7. The quantitative estimate of drug-likeness (QED) is 0.756. The average molecular weight is 411 g/mol. The van der Waals surface area contributed by atoms with Crippen LogP contribution in [-0.2, 0) is 17.6 Å². The van der Waals surface area contributed by atoms with Crippen LogP contribution in [0.5, 0.6) is 5.75 Å². The maximum Gasteiger partial charge on any atom is 0.239 e. The molecule has 1 aromatic carbocycles. The minimum absolute atomic E-state index is 0.0612. The molecule has 0 bridgehead atoms. The van der Waals surface area contributed by atoms with E-state index >= 15 is 0 Å². The molecule has 1 fully saturated rings. The number of phenols is 1. The Bertz CT molecular complexity index is 925. The zero-order valence-corrected chi connectivity index (χ0v) is 17.3. The maximum atomic E-state index is 12.6. The van der Waals surface area contributed by atoms with Gasteiger partial charge in [-0.1, -0.05) is 18.6 Å². The van der Waals surface area contributed by atoms with E-state index in [4.69, 9.17) is 0 Å². The molecule has 6 nitrogen and oxygen atoms in total. The van der Waals surface area contributed by atoms with Crippen molar-refractivity contribution in [1.29, 1.82) is 5.26 Å². The van der Waals surface area contributed by atoms with Gasteiger partial charge in [-0.3, -0.25) is 9.69 Å². The number of aryl methyl sites for hydroxylation is 1. The number of hydrogen-bond acceptors (Lipinski definition) is 6. The Morgan fingerprint density at radius 1 is 1.14 bits per heavy atom. The molecule has 1 aliphatic carbocycles. The van der Waals surface area contributed by atoms with Gasteiger partial charge in [0.05, 0.1) is 17.8 Å². The van der Waals surface area contributed by atoms with Gasteiger partial charge in [0, 0.05) is 31.1 Å². The molecule has 29 heavy (non-hydrogen) atoms. The van der Waals surface area contributed by atoms with E-state index in [2.05, 4.69) is 21.2 Å². The van der Waals surface area contributed by atoms with Gasteiger partial charge in [-0.05, 0) is 43.4 Å². The van der Waals surface area contributed by atoms with E-state index in [-0.39, 0.29) is 5.91 Å². The number of piperazine rings is 1. The molecule has 152 valence electrons. The topological polar surface area (TPSA) is 79.6 Å². The van der Waals surface area contributed by atoms with Gasteiger partial charge >= 0.3 is 0 Å². The van der Waals surface area contributed by atoms with E-state index in [1.165, 1.54) is 11.3 Å². The number of nitrogens with zero attached hydrogens (tertiary/aromatic N) is 3. The minimum Gasteiger partial charge on any atom is -0.506 e. The standard InChI is InChI=1S/C22H26N4O2S/c23-14-17-16-6-2-1-3-9-20(16)29-22(17)24-21(28)15-25-10-12-26(13-11-25)18-7-4-5-8-19(18)27/h4-5,7-8,27H,1-3,6,9-13,15H2,(H,24,28). The fourth-order valence-electron chi connectivity index (χ4n) is 4.20. The van der Waals surface area contributed by atoms with E-state index < -0.39 is 0 Å². The summed E-state index contributed by atoms with van der Waals surface area (Å²) in [5.41, 5.74) is 2.67.